The first kappa shape index (κ1) is 12.2. The normalized spacial score (nSPS) is 17.0. The third-order valence-electron chi connectivity index (χ3n) is 2.75. The molecule has 1 heterocycles. The molecule has 1 aromatic rings. The van der Waals surface area contributed by atoms with E-state index in [9.17, 15) is 5.11 Å². The van der Waals surface area contributed by atoms with Gasteiger partial charge in [-0.2, -0.15) is 0 Å². The lowest BCUT2D eigenvalue weighted by atomic mass is 10.2. The minimum Gasteiger partial charge on any atom is -0.504 e. The molecule has 1 saturated heterocycles. The minimum atomic E-state index is 0.126. The summed E-state index contributed by atoms with van der Waals surface area (Å²) in [5.41, 5.74) is 0.587. The molecule has 4 heteroatoms. The number of nitrogens with zero attached hydrogens (tertiary/aromatic N) is 1. The molecule has 92 valence electrons. The van der Waals surface area contributed by atoms with Gasteiger partial charge in [0, 0.05) is 19.6 Å². The highest BCUT2D eigenvalue weighted by Gasteiger charge is 2.10. The summed E-state index contributed by atoms with van der Waals surface area (Å²) < 4.78 is 10.8. The number of phenolic OH excluding ortho intramolecular Hbond substituents is 1. The molecule has 2 rings (SSSR count). The molecule has 1 N–H and O–H groups in total. The number of hydrogen-bond donors (Lipinski definition) is 1. The monoisotopic (exact) mass is 235 g/mol. The molecule has 0 atom stereocenters. The second-order valence-corrected chi connectivity index (χ2v) is 4.03. The van der Waals surface area contributed by atoms with Gasteiger partial charge >= 0.3 is 0 Å². The van der Waals surface area contributed by atoms with Gasteiger partial charge in [0.25, 0.3) is 0 Å². The smallest absolute Gasteiger partial charge is 0.161 e. The summed E-state index contributed by atoms with van der Waals surface area (Å²) >= 11 is 0. The lowest BCUT2D eigenvalue weighted by molar-refractivity contribution is 0.0321. The van der Waals surface area contributed by atoms with Crippen molar-refractivity contribution in [3.8, 4) is 11.5 Å². The van der Waals surface area contributed by atoms with Crippen LogP contribution in [0.5, 0.6) is 11.5 Å². The van der Waals surface area contributed by atoms with Crippen molar-refractivity contribution >= 4 is 0 Å². The lowest BCUT2D eigenvalue weighted by Gasteiger charge is -2.26. The van der Waals surface area contributed by atoms with Crippen LogP contribution in [0.25, 0.3) is 0 Å². The Balaban J connectivity index is 1.79. The summed E-state index contributed by atoms with van der Waals surface area (Å²) in [6, 6.07) is 4.82. The predicted molar refractivity (Wildman–Crippen MR) is 64.3 cm³/mol. The summed E-state index contributed by atoms with van der Waals surface area (Å²) in [7, 11) is 0. The number of benzene rings is 1. The number of aromatic hydroxyl groups is 1. The van der Waals surface area contributed by atoms with E-state index in [4.69, 9.17) is 16.4 Å². The molecule has 0 amide bonds. The fraction of sp³-hybridized carbons (Fsp3) is 0.462. The largest absolute Gasteiger partial charge is 0.504 e. The van der Waals surface area contributed by atoms with Crippen LogP contribution in [0.4, 0.5) is 0 Å². The van der Waals surface area contributed by atoms with E-state index < -0.39 is 0 Å². The van der Waals surface area contributed by atoms with E-state index in [0.29, 0.717) is 17.9 Å². The summed E-state index contributed by atoms with van der Waals surface area (Å²) in [6.07, 6.45) is 0. The van der Waals surface area contributed by atoms with Gasteiger partial charge in [0.2, 0.25) is 0 Å². The van der Waals surface area contributed by atoms with E-state index in [-0.39, 0.29) is 5.75 Å². The van der Waals surface area contributed by atoms with Gasteiger partial charge in [0.15, 0.2) is 11.5 Å². The summed E-state index contributed by atoms with van der Waals surface area (Å²) in [4.78, 5) is 2.27. The molecule has 1 aromatic carbocycles. The van der Waals surface area contributed by atoms with Gasteiger partial charge in [-0.3, -0.25) is 4.90 Å². The number of ether oxygens (including phenoxy) is 2. The van der Waals surface area contributed by atoms with E-state index >= 15 is 0 Å². The molecule has 0 aromatic heterocycles. The first-order valence-corrected chi connectivity index (χ1v) is 5.77. The number of rotatable bonds is 4. The van der Waals surface area contributed by atoms with E-state index in [0.717, 1.165) is 32.8 Å². The first-order valence-electron chi connectivity index (χ1n) is 5.77. The lowest BCUT2D eigenvalue weighted by Crippen LogP contribution is -2.38. The van der Waals surface area contributed by atoms with E-state index in [1.54, 1.807) is 18.2 Å². The Kier molecular flexibility index (Phi) is 4.23. The first-order chi connectivity index (χ1) is 8.25. The van der Waals surface area contributed by atoms with Gasteiger partial charge in [0.1, 0.15) is 6.61 Å². The van der Waals surface area contributed by atoms with Crippen molar-refractivity contribution in [3.63, 3.8) is 0 Å². The summed E-state index contributed by atoms with van der Waals surface area (Å²) in [6.45, 7) is 10.4. The fourth-order valence-corrected chi connectivity index (χ4v) is 1.76. The van der Waals surface area contributed by atoms with E-state index in [1.807, 2.05) is 0 Å². The van der Waals surface area contributed by atoms with Crippen LogP contribution in [0.15, 0.2) is 18.2 Å². The molecule has 0 bridgehead atoms. The molecule has 0 spiro atoms. The molecule has 0 unspecified atom stereocenters. The highest BCUT2D eigenvalue weighted by molar-refractivity contribution is 5.42. The van der Waals surface area contributed by atoms with Gasteiger partial charge < -0.3 is 14.6 Å². The van der Waals surface area contributed by atoms with Gasteiger partial charge in [-0.15, -0.1) is 0 Å². The number of hydrogen-bond acceptors (Lipinski definition) is 4. The van der Waals surface area contributed by atoms with Crippen LogP contribution in [-0.4, -0.2) is 49.5 Å². The molecule has 0 aliphatic carbocycles. The van der Waals surface area contributed by atoms with Gasteiger partial charge in [-0.25, -0.2) is 0 Å². The zero-order valence-electron chi connectivity index (χ0n) is 9.76. The van der Waals surface area contributed by atoms with Gasteiger partial charge in [-0.1, -0.05) is 6.07 Å². The molecule has 1 aliphatic heterocycles. The van der Waals surface area contributed by atoms with Crippen molar-refractivity contribution in [1.82, 2.24) is 4.90 Å². The zero-order valence-corrected chi connectivity index (χ0v) is 9.76. The average Bonchev–Trinajstić information content (AvgIpc) is 2.35. The van der Waals surface area contributed by atoms with Crippen molar-refractivity contribution < 1.29 is 14.6 Å². The minimum absolute atomic E-state index is 0.126. The van der Waals surface area contributed by atoms with Crippen molar-refractivity contribution in [2.45, 2.75) is 0 Å². The van der Waals surface area contributed by atoms with E-state index in [1.165, 1.54) is 0 Å². The van der Waals surface area contributed by atoms with Crippen LogP contribution in [0.2, 0.25) is 0 Å². The van der Waals surface area contributed by atoms with Crippen molar-refractivity contribution in [2.24, 2.45) is 0 Å². The topological polar surface area (TPSA) is 41.9 Å². The Hall–Kier alpha value is -1.26. The van der Waals surface area contributed by atoms with Crippen molar-refractivity contribution in [1.29, 1.82) is 0 Å². The molecule has 0 saturated carbocycles. The Bertz CT molecular complexity index is 362. The molecule has 4 nitrogen and oxygen atoms in total. The maximum atomic E-state index is 9.56. The van der Waals surface area contributed by atoms with Crippen LogP contribution < -0.4 is 4.74 Å². The molecule has 1 aliphatic rings. The Labute approximate surface area is 102 Å². The van der Waals surface area contributed by atoms with Crippen LogP contribution in [0, 0.1) is 6.92 Å². The molecule has 1 fully saturated rings. The molecule has 2 radical (unpaired) electrons. The standard InChI is InChI=1S/C13H17NO3/c1-11-2-3-12(15)13(10-11)17-9-6-14-4-7-16-8-5-14/h1-3,10,15H,4-9H2. The maximum Gasteiger partial charge on any atom is 0.161 e. The fourth-order valence-electron chi connectivity index (χ4n) is 1.76. The van der Waals surface area contributed by atoms with E-state index in [2.05, 4.69) is 4.90 Å². The average molecular weight is 235 g/mol. The van der Waals surface area contributed by atoms with Crippen LogP contribution in [-0.2, 0) is 4.74 Å². The summed E-state index contributed by atoms with van der Waals surface area (Å²) in [5.74, 6) is 0.569. The number of morpholine rings is 1. The second kappa shape index (κ2) is 5.89. The van der Waals surface area contributed by atoms with Crippen LogP contribution in [0.3, 0.4) is 0 Å². The van der Waals surface area contributed by atoms with Crippen LogP contribution in [0.1, 0.15) is 5.56 Å². The molecular weight excluding hydrogens is 218 g/mol. The zero-order chi connectivity index (χ0) is 12.1. The Morgan fingerprint density at radius 1 is 1.35 bits per heavy atom. The predicted octanol–water partition coefficient (Wildman–Crippen LogP) is 1.16. The van der Waals surface area contributed by atoms with Crippen molar-refractivity contribution in [3.05, 3.63) is 30.7 Å². The molecule has 17 heavy (non-hydrogen) atoms. The van der Waals surface area contributed by atoms with Crippen molar-refractivity contribution in [2.75, 3.05) is 39.5 Å². The second-order valence-electron chi connectivity index (χ2n) is 4.03. The summed E-state index contributed by atoms with van der Waals surface area (Å²) in [5, 5.41) is 9.56. The highest BCUT2D eigenvalue weighted by atomic mass is 16.5. The van der Waals surface area contributed by atoms with Crippen LogP contribution >= 0.6 is 0 Å². The Morgan fingerprint density at radius 3 is 2.88 bits per heavy atom. The maximum absolute atomic E-state index is 9.56. The third kappa shape index (κ3) is 3.61. The third-order valence-corrected chi connectivity index (χ3v) is 2.75. The highest BCUT2D eigenvalue weighted by Crippen LogP contribution is 2.26. The Morgan fingerprint density at radius 2 is 2.12 bits per heavy atom. The van der Waals surface area contributed by atoms with Gasteiger partial charge in [-0.05, 0) is 24.6 Å². The SMILES string of the molecule is [CH]c1ccc(O)c(OCCN2CCOCC2)c1. The number of phenols is 1. The quantitative estimate of drug-likeness (QED) is 0.850. The van der Waals surface area contributed by atoms with Gasteiger partial charge in [0.05, 0.1) is 13.2 Å². The molecular formula is C13H17NO3.